The number of Topliss-reactive ketones (excluding diaryl/α,β-unsaturated/α-hetero) is 1. The van der Waals surface area contributed by atoms with Gasteiger partial charge in [-0.2, -0.15) is 13.2 Å². The maximum absolute atomic E-state index is 13.1. The van der Waals surface area contributed by atoms with Crippen LogP contribution in [0.25, 0.3) is 0 Å². The van der Waals surface area contributed by atoms with Gasteiger partial charge in [-0.25, -0.2) is 19.6 Å². The molecule has 12 nitrogen and oxygen atoms in total. The Morgan fingerprint density at radius 2 is 1.20 bits per heavy atom. The maximum atomic E-state index is 13.1. The Hall–Kier alpha value is -3.62. The summed E-state index contributed by atoms with van der Waals surface area (Å²) < 4.78 is 53.2. The summed E-state index contributed by atoms with van der Waals surface area (Å²) in [5.74, 6) is -0.0773. The predicted octanol–water partition coefficient (Wildman–Crippen LogP) is 5.36. The standard InChI is InChI=1S/C15H22F3N3O3.C14H21N3O3/c1-9-7-20(12(22)24-13(2,3)4)8-10-6-19-11(21(9)10)14(5,23)15(16,17)18;1-9-7-16(13(19)20-14(3,4)5)8-11-6-15-12(10(2)18)17(9)11/h6,9,23H,7-8H2,1-5H3;6,9H,7-8H2,1-5H3/t9-,14+;9-/m00/s1. The Kier molecular flexibility index (Phi) is 9.55. The summed E-state index contributed by atoms with van der Waals surface area (Å²) in [4.78, 5) is 46.8. The van der Waals surface area contributed by atoms with Crippen LogP contribution in [-0.2, 0) is 28.2 Å². The molecule has 1 N–H and O–H groups in total. The fourth-order valence-corrected chi connectivity index (χ4v) is 5.01. The topological polar surface area (TPSA) is 132 Å². The van der Waals surface area contributed by atoms with Crippen molar-refractivity contribution < 1.29 is 42.1 Å². The van der Waals surface area contributed by atoms with Crippen molar-refractivity contribution in [3.8, 4) is 0 Å². The van der Waals surface area contributed by atoms with E-state index < -0.39 is 40.9 Å². The highest BCUT2D eigenvalue weighted by Gasteiger charge is 2.55. The van der Waals surface area contributed by atoms with Gasteiger partial charge < -0.3 is 33.5 Å². The number of halogens is 3. The minimum Gasteiger partial charge on any atom is -0.444 e. The van der Waals surface area contributed by atoms with Gasteiger partial charge in [0.25, 0.3) is 0 Å². The van der Waals surface area contributed by atoms with Crippen molar-refractivity contribution >= 4 is 18.0 Å². The van der Waals surface area contributed by atoms with Crippen molar-refractivity contribution in [2.75, 3.05) is 13.1 Å². The molecule has 0 saturated heterocycles. The molecule has 2 aromatic heterocycles. The van der Waals surface area contributed by atoms with Gasteiger partial charge in [0.05, 0.1) is 49.0 Å². The van der Waals surface area contributed by atoms with E-state index in [0.717, 1.165) is 5.69 Å². The number of hydrogen-bond donors (Lipinski definition) is 1. The average Bonchev–Trinajstić information content (AvgIpc) is 3.47. The van der Waals surface area contributed by atoms with Crippen molar-refractivity contribution in [2.45, 2.75) is 117 Å². The van der Waals surface area contributed by atoms with Gasteiger partial charge in [-0.3, -0.25) is 4.79 Å². The van der Waals surface area contributed by atoms with Gasteiger partial charge in [-0.05, 0) is 62.3 Å². The highest BCUT2D eigenvalue weighted by molar-refractivity contribution is 5.90. The van der Waals surface area contributed by atoms with Gasteiger partial charge >= 0.3 is 18.4 Å². The van der Waals surface area contributed by atoms with E-state index in [1.807, 2.05) is 32.3 Å². The third kappa shape index (κ3) is 7.71. The molecule has 0 aliphatic carbocycles. The molecule has 44 heavy (non-hydrogen) atoms. The molecular weight excluding hydrogens is 585 g/mol. The summed E-state index contributed by atoms with van der Waals surface area (Å²) in [6.07, 6.45) is -2.81. The van der Waals surface area contributed by atoms with Crippen molar-refractivity contribution in [3.63, 3.8) is 0 Å². The van der Waals surface area contributed by atoms with Gasteiger partial charge in [0, 0.05) is 20.0 Å². The molecule has 15 heteroatoms. The molecule has 246 valence electrons. The van der Waals surface area contributed by atoms with Crippen LogP contribution < -0.4 is 0 Å². The van der Waals surface area contributed by atoms with Crippen molar-refractivity contribution in [1.82, 2.24) is 28.9 Å². The molecule has 0 saturated carbocycles. The van der Waals surface area contributed by atoms with Gasteiger partial charge in [0.1, 0.15) is 11.2 Å². The molecule has 2 aliphatic rings. The third-order valence-electron chi connectivity index (χ3n) is 6.91. The summed E-state index contributed by atoms with van der Waals surface area (Å²) in [6, 6.07) is -0.472. The van der Waals surface area contributed by atoms with Crippen LogP contribution in [-0.4, -0.2) is 82.4 Å². The third-order valence-corrected chi connectivity index (χ3v) is 6.91. The second-order valence-corrected chi connectivity index (χ2v) is 13.4. The van der Waals surface area contributed by atoms with E-state index in [2.05, 4.69) is 9.97 Å². The lowest BCUT2D eigenvalue weighted by Gasteiger charge is -2.36. The van der Waals surface area contributed by atoms with Crippen LogP contribution in [0.4, 0.5) is 22.8 Å². The predicted molar refractivity (Wildman–Crippen MR) is 153 cm³/mol. The van der Waals surface area contributed by atoms with E-state index in [-0.39, 0.29) is 31.0 Å². The number of hydrogen-bond acceptors (Lipinski definition) is 8. The molecule has 4 heterocycles. The summed E-state index contributed by atoms with van der Waals surface area (Å²) in [5.41, 5.74) is -2.96. The van der Waals surface area contributed by atoms with Crippen LogP contribution in [0.5, 0.6) is 0 Å². The monoisotopic (exact) mass is 628 g/mol. The highest BCUT2D eigenvalue weighted by atomic mass is 19.4. The van der Waals surface area contributed by atoms with E-state index in [4.69, 9.17) is 9.47 Å². The Bertz CT molecular complexity index is 1390. The maximum Gasteiger partial charge on any atom is 0.424 e. The fourth-order valence-electron chi connectivity index (χ4n) is 5.01. The SMILES string of the molecule is CC(=O)c1ncc2n1[C@@H](C)CN(C(=O)OC(C)(C)C)C2.C[C@H]1CN(C(=O)OC(C)(C)C)Cc2cnc([C@@](C)(O)C(F)(F)F)n21. The second kappa shape index (κ2) is 12.1. The number of aliphatic hydroxyl groups is 1. The second-order valence-electron chi connectivity index (χ2n) is 13.4. The zero-order valence-corrected chi connectivity index (χ0v) is 26.9. The number of alkyl halides is 3. The number of carbonyl (C=O) groups is 3. The Morgan fingerprint density at radius 3 is 1.61 bits per heavy atom. The summed E-state index contributed by atoms with van der Waals surface area (Å²) in [7, 11) is 0. The molecule has 3 atom stereocenters. The van der Waals surface area contributed by atoms with E-state index in [0.29, 0.717) is 31.5 Å². The molecular formula is C29H43F3N6O6. The first-order chi connectivity index (χ1) is 19.9. The van der Waals surface area contributed by atoms with Gasteiger partial charge in [0.2, 0.25) is 5.60 Å². The van der Waals surface area contributed by atoms with Crippen LogP contribution >= 0.6 is 0 Å². The largest absolute Gasteiger partial charge is 0.444 e. The molecule has 4 rings (SSSR count). The van der Waals surface area contributed by atoms with Crippen LogP contribution in [0.15, 0.2) is 12.4 Å². The summed E-state index contributed by atoms with van der Waals surface area (Å²) >= 11 is 0. The quantitative estimate of drug-likeness (QED) is 0.440. The van der Waals surface area contributed by atoms with Crippen LogP contribution in [0, 0.1) is 0 Å². The van der Waals surface area contributed by atoms with Crippen LogP contribution in [0.2, 0.25) is 0 Å². The number of ketones is 1. The normalized spacial score (nSPS) is 20.0. The number of aromatic nitrogens is 4. The van der Waals surface area contributed by atoms with Crippen molar-refractivity contribution in [2.24, 2.45) is 0 Å². The molecule has 0 bridgehead atoms. The molecule has 0 radical (unpaired) electrons. The first-order valence-corrected chi connectivity index (χ1v) is 14.3. The minimum atomic E-state index is -4.85. The zero-order valence-electron chi connectivity index (χ0n) is 26.9. The smallest absolute Gasteiger partial charge is 0.424 e. The average molecular weight is 629 g/mol. The Labute approximate surface area is 255 Å². The fraction of sp³-hybridized carbons (Fsp3) is 0.690. The molecule has 0 unspecified atom stereocenters. The van der Waals surface area contributed by atoms with Crippen molar-refractivity contribution in [1.29, 1.82) is 0 Å². The number of carbonyl (C=O) groups excluding carboxylic acids is 3. The molecule has 0 aromatic carbocycles. The number of imidazole rings is 2. The van der Waals surface area contributed by atoms with Gasteiger partial charge in [-0.15, -0.1) is 0 Å². The lowest BCUT2D eigenvalue weighted by molar-refractivity contribution is -0.263. The molecule has 0 fully saturated rings. The number of rotatable bonds is 2. The van der Waals surface area contributed by atoms with E-state index >= 15 is 0 Å². The lowest BCUT2D eigenvalue weighted by Crippen LogP contribution is -2.46. The molecule has 2 amide bonds. The first-order valence-electron chi connectivity index (χ1n) is 14.3. The molecule has 2 aliphatic heterocycles. The highest BCUT2D eigenvalue weighted by Crippen LogP contribution is 2.40. The van der Waals surface area contributed by atoms with E-state index in [1.54, 1.807) is 38.8 Å². The van der Waals surface area contributed by atoms with Gasteiger partial charge in [-0.1, -0.05) is 0 Å². The Morgan fingerprint density at radius 1 is 0.795 bits per heavy atom. The first kappa shape index (κ1) is 34.9. The number of nitrogens with zero attached hydrogens (tertiary/aromatic N) is 6. The van der Waals surface area contributed by atoms with Crippen molar-refractivity contribution in [3.05, 3.63) is 35.4 Å². The van der Waals surface area contributed by atoms with Gasteiger partial charge in [0.15, 0.2) is 17.4 Å². The molecule has 2 aromatic rings. The number of ether oxygens (including phenoxy) is 2. The number of fused-ring (bicyclic) bond motifs is 2. The lowest BCUT2D eigenvalue weighted by atomic mass is 10.0. The summed E-state index contributed by atoms with van der Waals surface area (Å²) in [5, 5.41) is 9.90. The molecule has 0 spiro atoms. The zero-order chi connectivity index (χ0) is 33.6. The minimum absolute atomic E-state index is 0.00710. The summed E-state index contributed by atoms with van der Waals surface area (Å²) in [6.45, 7) is 17.7. The number of amides is 2. The van der Waals surface area contributed by atoms with E-state index in [9.17, 15) is 32.7 Å². The van der Waals surface area contributed by atoms with Crippen LogP contribution in [0.1, 0.15) is 109 Å². The Balaban J connectivity index is 0.000000244. The van der Waals surface area contributed by atoms with Crippen LogP contribution in [0.3, 0.4) is 0 Å². The van der Waals surface area contributed by atoms with E-state index in [1.165, 1.54) is 22.6 Å².